The molecule has 2 aromatic carbocycles. The first-order valence-electron chi connectivity index (χ1n) is 11.3. The van der Waals surface area contributed by atoms with Crippen molar-refractivity contribution in [3.05, 3.63) is 70.3 Å². The average Bonchev–Trinajstić information content (AvgIpc) is 3.18. The molecule has 0 aliphatic carbocycles. The lowest BCUT2D eigenvalue weighted by molar-refractivity contribution is 0.631. The van der Waals surface area contributed by atoms with Crippen molar-refractivity contribution in [3.63, 3.8) is 0 Å². The molecule has 0 amide bonds. The Morgan fingerprint density at radius 2 is 1.80 bits per heavy atom. The highest BCUT2D eigenvalue weighted by Gasteiger charge is 2.24. The van der Waals surface area contributed by atoms with E-state index in [0.717, 1.165) is 40.8 Å². The molecular formula is C26H38N3P. The summed E-state index contributed by atoms with van der Waals surface area (Å²) in [6, 6.07) is 13.6. The number of nitrogens with one attached hydrogen (secondary N) is 3. The van der Waals surface area contributed by atoms with Gasteiger partial charge in [0.1, 0.15) is 0 Å². The largest absolute Gasteiger partial charge is 0.384 e. The number of hydrogen-bond acceptors (Lipinski definition) is 3. The monoisotopic (exact) mass is 423 g/mol. The summed E-state index contributed by atoms with van der Waals surface area (Å²) in [5, 5.41) is 10.2. The van der Waals surface area contributed by atoms with Crippen molar-refractivity contribution in [1.82, 2.24) is 10.6 Å². The third-order valence-corrected chi connectivity index (χ3v) is 7.45. The lowest BCUT2D eigenvalue weighted by Crippen LogP contribution is -2.13. The fourth-order valence-electron chi connectivity index (χ4n) is 4.64. The second kappa shape index (κ2) is 11.6. The van der Waals surface area contributed by atoms with Crippen LogP contribution in [0.5, 0.6) is 0 Å². The minimum atomic E-state index is 0.638. The van der Waals surface area contributed by atoms with Gasteiger partial charge >= 0.3 is 0 Å². The fraction of sp³-hybridized carbons (Fsp3) is 0.462. The van der Waals surface area contributed by atoms with E-state index in [-0.39, 0.29) is 0 Å². The Hall–Kier alpha value is -1.67. The van der Waals surface area contributed by atoms with Crippen LogP contribution in [0.2, 0.25) is 0 Å². The highest BCUT2D eigenvalue weighted by Crippen LogP contribution is 2.39. The zero-order valence-corrected chi connectivity index (χ0v) is 20.1. The number of hydrogen-bond donors (Lipinski definition) is 3. The van der Waals surface area contributed by atoms with Gasteiger partial charge in [0.2, 0.25) is 0 Å². The number of aryl methyl sites for hydroxylation is 1. The Balaban J connectivity index is 1.73. The quantitative estimate of drug-likeness (QED) is 0.417. The second-order valence-electron chi connectivity index (χ2n) is 8.23. The van der Waals surface area contributed by atoms with Gasteiger partial charge in [-0.2, -0.15) is 0 Å². The lowest BCUT2D eigenvalue weighted by Gasteiger charge is -2.17. The van der Waals surface area contributed by atoms with Crippen LogP contribution in [-0.2, 0) is 12.3 Å². The van der Waals surface area contributed by atoms with Crippen LogP contribution in [0.15, 0.2) is 42.5 Å². The van der Waals surface area contributed by atoms with Gasteiger partial charge in [-0.3, -0.25) is 0 Å². The Morgan fingerprint density at radius 3 is 2.57 bits per heavy atom. The summed E-state index contributed by atoms with van der Waals surface area (Å²) in [6.45, 7) is 7.61. The maximum absolute atomic E-state index is 3.63. The molecule has 1 aliphatic heterocycles. The summed E-state index contributed by atoms with van der Waals surface area (Å²) in [6.07, 6.45) is 6.92. The van der Waals surface area contributed by atoms with Gasteiger partial charge in [0, 0.05) is 18.2 Å². The summed E-state index contributed by atoms with van der Waals surface area (Å²) in [5.74, 6) is 0.638. The molecular weight excluding hydrogens is 385 g/mol. The highest BCUT2D eigenvalue weighted by molar-refractivity contribution is 7.36. The van der Waals surface area contributed by atoms with Crippen molar-refractivity contribution in [2.45, 2.75) is 44.9 Å². The number of fused-ring (bicyclic) bond motifs is 1. The first-order chi connectivity index (χ1) is 14.7. The van der Waals surface area contributed by atoms with Crippen LogP contribution in [0, 0.1) is 6.92 Å². The molecule has 3 N–H and O–H groups in total. The van der Waals surface area contributed by atoms with E-state index in [1.807, 2.05) is 14.1 Å². The van der Waals surface area contributed by atoms with E-state index in [1.54, 1.807) is 11.1 Å². The number of allylic oxidation sites excluding steroid dienone is 1. The fourth-order valence-corrected chi connectivity index (χ4v) is 5.91. The Labute approximate surface area is 184 Å². The molecule has 1 heterocycles. The van der Waals surface area contributed by atoms with Crippen molar-refractivity contribution in [2.75, 3.05) is 39.0 Å². The molecule has 0 saturated heterocycles. The summed E-state index contributed by atoms with van der Waals surface area (Å²) in [4.78, 5) is 0. The zero-order valence-electron chi connectivity index (χ0n) is 19.1. The standard InChI is InChI=1S/C26H38N3P/c1-5-20(12-14-27-3)25-19(2)8-6-9-22(25)17-30-18-23-10-7-11-24-26(23)21(16-29-24)13-15-28-4/h5-11,21,27-30H,12-18H2,1-4H3/b20-5-. The molecule has 0 radical (unpaired) electrons. The van der Waals surface area contributed by atoms with Crippen LogP contribution in [0.1, 0.15) is 53.5 Å². The van der Waals surface area contributed by atoms with Gasteiger partial charge in [-0.15, -0.1) is 8.58 Å². The van der Waals surface area contributed by atoms with Crippen molar-refractivity contribution >= 4 is 19.8 Å². The maximum atomic E-state index is 3.63. The van der Waals surface area contributed by atoms with Crippen LogP contribution in [0.4, 0.5) is 5.69 Å². The average molecular weight is 424 g/mol. The van der Waals surface area contributed by atoms with E-state index in [0.29, 0.717) is 5.92 Å². The SMILES string of the molecule is C/C=C(/CCNC)c1c(C)cccc1CPCc1cccc2c1C(CCNC)CN2. The van der Waals surface area contributed by atoms with Crippen molar-refractivity contribution in [3.8, 4) is 0 Å². The Bertz CT molecular complexity index is 859. The predicted molar refractivity (Wildman–Crippen MR) is 135 cm³/mol. The number of benzene rings is 2. The first-order valence-corrected chi connectivity index (χ1v) is 12.7. The van der Waals surface area contributed by atoms with Gasteiger partial charge in [0.05, 0.1) is 0 Å². The van der Waals surface area contributed by atoms with Gasteiger partial charge in [0.15, 0.2) is 0 Å². The molecule has 0 aromatic heterocycles. The molecule has 2 aromatic rings. The zero-order chi connectivity index (χ0) is 21.3. The van der Waals surface area contributed by atoms with E-state index >= 15 is 0 Å². The van der Waals surface area contributed by atoms with Gasteiger partial charge in [-0.1, -0.05) is 36.4 Å². The molecule has 2 atom stereocenters. The number of anilines is 1. The third-order valence-electron chi connectivity index (χ3n) is 6.19. The van der Waals surface area contributed by atoms with Crippen LogP contribution in [0.25, 0.3) is 5.57 Å². The van der Waals surface area contributed by atoms with E-state index in [1.165, 1.54) is 40.5 Å². The second-order valence-corrected chi connectivity index (χ2v) is 9.44. The Morgan fingerprint density at radius 1 is 1.07 bits per heavy atom. The topological polar surface area (TPSA) is 36.1 Å². The van der Waals surface area contributed by atoms with Gasteiger partial charge in [0.25, 0.3) is 0 Å². The van der Waals surface area contributed by atoms with Crippen LogP contribution in [-0.4, -0.2) is 33.7 Å². The molecule has 0 fully saturated rings. The molecule has 4 heteroatoms. The molecule has 2 unspecified atom stereocenters. The van der Waals surface area contributed by atoms with Crippen LogP contribution in [0.3, 0.4) is 0 Å². The molecule has 3 nitrogen and oxygen atoms in total. The summed E-state index contributed by atoms with van der Waals surface area (Å²) in [5.41, 5.74) is 10.3. The molecule has 0 bridgehead atoms. The van der Waals surface area contributed by atoms with E-state index in [2.05, 4.69) is 72.3 Å². The normalized spacial score (nSPS) is 16.3. The molecule has 3 rings (SSSR count). The van der Waals surface area contributed by atoms with Crippen LogP contribution < -0.4 is 16.0 Å². The van der Waals surface area contributed by atoms with Crippen molar-refractivity contribution in [2.24, 2.45) is 0 Å². The molecule has 0 saturated carbocycles. The van der Waals surface area contributed by atoms with Crippen LogP contribution >= 0.6 is 8.58 Å². The van der Waals surface area contributed by atoms with Crippen molar-refractivity contribution in [1.29, 1.82) is 0 Å². The molecule has 0 spiro atoms. The van der Waals surface area contributed by atoms with E-state index < -0.39 is 0 Å². The molecule has 30 heavy (non-hydrogen) atoms. The molecule has 1 aliphatic rings. The summed E-state index contributed by atoms with van der Waals surface area (Å²) < 4.78 is 0. The van der Waals surface area contributed by atoms with Gasteiger partial charge in [-0.05, 0) is 106 Å². The highest BCUT2D eigenvalue weighted by atomic mass is 31.1. The van der Waals surface area contributed by atoms with Gasteiger partial charge in [-0.25, -0.2) is 0 Å². The lowest BCUT2D eigenvalue weighted by atomic mass is 9.93. The first kappa shape index (κ1) is 23.0. The minimum absolute atomic E-state index is 0.638. The summed E-state index contributed by atoms with van der Waals surface area (Å²) >= 11 is 0. The van der Waals surface area contributed by atoms with Crippen molar-refractivity contribution < 1.29 is 0 Å². The Kier molecular flexibility index (Phi) is 8.93. The maximum Gasteiger partial charge on any atom is 0.0379 e. The van der Waals surface area contributed by atoms with E-state index in [4.69, 9.17) is 0 Å². The third kappa shape index (κ3) is 5.52. The minimum Gasteiger partial charge on any atom is -0.384 e. The smallest absolute Gasteiger partial charge is 0.0379 e. The predicted octanol–water partition coefficient (Wildman–Crippen LogP) is 5.51. The summed E-state index contributed by atoms with van der Waals surface area (Å²) in [7, 11) is 4.99. The molecule has 162 valence electrons. The van der Waals surface area contributed by atoms with Gasteiger partial charge < -0.3 is 16.0 Å². The number of rotatable bonds is 11. The van der Waals surface area contributed by atoms with E-state index in [9.17, 15) is 0 Å².